The molecule has 0 unspecified atom stereocenters. The molecule has 0 bridgehead atoms. The molecule has 540 valence electrons. The highest BCUT2D eigenvalue weighted by Gasteiger charge is 2.22. The van der Waals surface area contributed by atoms with E-state index in [0.717, 1.165) is 131 Å². The predicted molar refractivity (Wildman–Crippen MR) is 477 cm³/mol. The summed E-state index contributed by atoms with van der Waals surface area (Å²) in [4.78, 5) is 38.7. The van der Waals surface area contributed by atoms with E-state index in [0.29, 0.717) is 23.3 Å². The monoisotopic (exact) mass is 1660 g/mol. The fourth-order valence-corrected chi connectivity index (χ4v) is 16.9. The molecule has 11 nitrogen and oxygen atoms in total. The number of hydrogen-bond donors (Lipinski definition) is 0. The number of para-hydroxylation sites is 3. The first-order valence-electron chi connectivity index (χ1n) is 37.4. The van der Waals surface area contributed by atoms with Crippen molar-refractivity contribution in [3.05, 3.63) is 402 Å². The maximum atomic E-state index is 5.03. The summed E-state index contributed by atoms with van der Waals surface area (Å²) in [5.74, 6) is 2.66. The summed E-state index contributed by atoms with van der Waals surface area (Å²) >= 11 is 11.3. The maximum absolute atomic E-state index is 5.03. The minimum atomic E-state index is 0.640. The van der Waals surface area contributed by atoms with Gasteiger partial charge in [-0.2, -0.15) is 0 Å². The summed E-state index contributed by atoms with van der Waals surface area (Å²) in [6.45, 7) is 0. The van der Waals surface area contributed by atoms with E-state index < -0.39 is 0 Å². The first kappa shape index (κ1) is 70.6. The van der Waals surface area contributed by atoms with Crippen molar-refractivity contribution in [1.29, 1.82) is 0 Å². The summed E-state index contributed by atoms with van der Waals surface area (Å²) in [6.07, 6.45) is 3.59. The van der Waals surface area contributed by atoms with Crippen molar-refractivity contribution >= 4 is 113 Å². The number of hydrogen-bond acceptors (Lipinski definition) is 8. The Balaban J connectivity index is 0.000000115. The molecule has 0 radical (unpaired) electrons. The van der Waals surface area contributed by atoms with Crippen molar-refractivity contribution in [2.24, 2.45) is 0 Å². The SMILES string of the molecule is Brc1cccc2c1c1ccccc1n2-c1cccc(-c2cc(-c3ccccc3)nc(-c3ccccc3)n2)c1.Brc1cccc2c1c1ccccc1n2-c1cccc(-c2cc(-c3ccccn3)nc(-c3ccccn3)c2)c1.Brc1cccc2c1c1ccccc1n2-c1cccc(-c2nc(-c3ccccc3)nc(-c3ccccc3)n2)c1. The lowest BCUT2D eigenvalue weighted by atomic mass is 10.0. The van der Waals surface area contributed by atoms with Crippen LogP contribution in [0.25, 0.3) is 184 Å². The van der Waals surface area contributed by atoms with Crippen LogP contribution < -0.4 is 0 Å². The quantitative estimate of drug-likeness (QED) is 0.119. The van der Waals surface area contributed by atoms with Crippen LogP contribution in [-0.2, 0) is 0 Å². The molecule has 0 aliphatic rings. The standard InChI is InChI=1S/C34H22BrN3.2C33H21BrN4/c35-28-18-10-20-32-33(28)27-17-7-8-19-31(27)38(32)26-16-9-15-25(21-26)30-22-29(23-11-3-1-4-12-23)36-34(37-30)24-13-5-2-6-14-24;34-27-18-10-20-29-30(27)26-17-7-8-19-28(26)38(29)25-16-9-15-24(21-25)33-36-31(22-11-3-1-4-12-22)35-32(37-33)23-13-5-2-6-14-23;34-26-12-8-16-32-33(26)25-11-1-2-15-31(25)38(32)24-10-7-9-22(19-24)23-20-29(27-13-3-5-17-35-27)37-30(21-23)28-14-4-6-18-36-28/h1-22H;2*1-21H. The normalized spacial score (nSPS) is 11.3. The van der Waals surface area contributed by atoms with Gasteiger partial charge in [0.15, 0.2) is 23.3 Å². The second-order valence-corrected chi connectivity index (χ2v) is 30.0. The van der Waals surface area contributed by atoms with Gasteiger partial charge < -0.3 is 13.7 Å². The van der Waals surface area contributed by atoms with Gasteiger partial charge in [-0.25, -0.2) is 29.9 Å². The zero-order valence-corrected chi connectivity index (χ0v) is 65.8. The fraction of sp³-hybridized carbons (Fsp3) is 0. The van der Waals surface area contributed by atoms with Gasteiger partial charge in [-0.05, 0) is 145 Å². The summed E-state index contributed by atoms with van der Waals surface area (Å²) < 4.78 is 10.2. The zero-order chi connectivity index (χ0) is 76.4. The first-order chi connectivity index (χ1) is 56.3. The zero-order valence-electron chi connectivity index (χ0n) is 61.0. The maximum Gasteiger partial charge on any atom is 0.164 e. The van der Waals surface area contributed by atoms with Gasteiger partial charge in [0, 0.05) is 109 Å². The molecule has 8 heterocycles. The topological polar surface area (TPSA) is 118 Å². The van der Waals surface area contributed by atoms with Crippen LogP contribution >= 0.6 is 47.8 Å². The number of aromatic nitrogens is 11. The van der Waals surface area contributed by atoms with E-state index in [1.807, 2.05) is 133 Å². The lowest BCUT2D eigenvalue weighted by Gasteiger charge is -2.12. The number of fused-ring (bicyclic) bond motifs is 9. The van der Waals surface area contributed by atoms with Gasteiger partial charge in [0.25, 0.3) is 0 Å². The summed E-state index contributed by atoms with van der Waals surface area (Å²) in [6, 6.07) is 129. The molecule has 0 fully saturated rings. The molecule has 0 aliphatic carbocycles. The molecule has 114 heavy (non-hydrogen) atoms. The van der Waals surface area contributed by atoms with Crippen LogP contribution in [-0.4, -0.2) is 53.6 Å². The average molecular weight is 1660 g/mol. The Bertz CT molecular complexity index is 6290. The van der Waals surface area contributed by atoms with Gasteiger partial charge in [0.05, 0.1) is 67.3 Å². The first-order valence-corrected chi connectivity index (χ1v) is 39.7. The lowest BCUT2D eigenvalue weighted by molar-refractivity contribution is 1.07. The highest BCUT2D eigenvalue weighted by Crippen LogP contribution is 2.42. The summed E-state index contributed by atoms with van der Waals surface area (Å²) in [5, 5.41) is 7.28. The minimum absolute atomic E-state index is 0.640. The van der Waals surface area contributed by atoms with Crippen molar-refractivity contribution in [2.45, 2.75) is 0 Å². The van der Waals surface area contributed by atoms with Gasteiger partial charge in [0.1, 0.15) is 0 Å². The van der Waals surface area contributed by atoms with E-state index in [4.69, 9.17) is 29.9 Å². The van der Waals surface area contributed by atoms with Gasteiger partial charge in [0.2, 0.25) is 0 Å². The van der Waals surface area contributed by atoms with Crippen LogP contribution in [0, 0.1) is 0 Å². The van der Waals surface area contributed by atoms with Crippen molar-refractivity contribution in [2.75, 3.05) is 0 Å². The van der Waals surface area contributed by atoms with E-state index in [9.17, 15) is 0 Å². The van der Waals surface area contributed by atoms with E-state index >= 15 is 0 Å². The molecule has 0 spiro atoms. The molecular formula is C100H64Br3N11. The minimum Gasteiger partial charge on any atom is -0.309 e. The summed E-state index contributed by atoms with van der Waals surface area (Å²) in [5.41, 5.74) is 23.4. The Kier molecular flexibility index (Phi) is 19.3. The van der Waals surface area contributed by atoms with E-state index in [1.165, 1.54) is 43.4 Å². The molecule has 8 aromatic heterocycles. The van der Waals surface area contributed by atoms with Crippen LogP contribution in [0.1, 0.15) is 0 Å². The molecule has 0 amide bonds. The van der Waals surface area contributed by atoms with Crippen molar-refractivity contribution < 1.29 is 0 Å². The second-order valence-electron chi connectivity index (χ2n) is 27.4. The third kappa shape index (κ3) is 13.8. The molecule has 14 heteroatoms. The molecule has 21 rings (SSSR count). The summed E-state index contributed by atoms with van der Waals surface area (Å²) in [7, 11) is 0. The second kappa shape index (κ2) is 31.2. The Morgan fingerprint density at radius 2 is 0.491 bits per heavy atom. The number of halogens is 3. The third-order valence-corrected chi connectivity index (χ3v) is 22.3. The molecule has 13 aromatic carbocycles. The average Bonchev–Trinajstić information content (AvgIpc) is 1.60. The largest absolute Gasteiger partial charge is 0.309 e. The number of benzene rings is 13. The number of pyridine rings is 3. The Morgan fingerprint density at radius 1 is 0.184 bits per heavy atom. The lowest BCUT2D eigenvalue weighted by Crippen LogP contribution is -2.01. The van der Waals surface area contributed by atoms with E-state index in [2.05, 4.69) is 314 Å². The Hall–Kier alpha value is -13.8. The molecule has 0 saturated heterocycles. The van der Waals surface area contributed by atoms with Crippen LogP contribution in [0.3, 0.4) is 0 Å². The number of nitrogens with zero attached hydrogens (tertiary/aromatic N) is 11. The molecule has 0 aliphatic heterocycles. The predicted octanol–water partition coefficient (Wildman–Crippen LogP) is 26.8. The smallest absolute Gasteiger partial charge is 0.164 e. The van der Waals surface area contributed by atoms with Gasteiger partial charge in [-0.3, -0.25) is 9.97 Å². The third-order valence-electron chi connectivity index (χ3n) is 20.3. The van der Waals surface area contributed by atoms with Gasteiger partial charge in [-0.15, -0.1) is 0 Å². The highest BCUT2D eigenvalue weighted by atomic mass is 79.9. The van der Waals surface area contributed by atoms with Gasteiger partial charge in [-0.1, -0.05) is 290 Å². The molecule has 0 N–H and O–H groups in total. The van der Waals surface area contributed by atoms with Gasteiger partial charge >= 0.3 is 0 Å². The van der Waals surface area contributed by atoms with Crippen molar-refractivity contribution in [3.63, 3.8) is 0 Å². The van der Waals surface area contributed by atoms with Crippen molar-refractivity contribution in [3.8, 4) is 119 Å². The highest BCUT2D eigenvalue weighted by molar-refractivity contribution is 9.11. The van der Waals surface area contributed by atoms with Crippen LogP contribution in [0.15, 0.2) is 402 Å². The molecule has 21 aromatic rings. The van der Waals surface area contributed by atoms with Crippen molar-refractivity contribution in [1.82, 2.24) is 53.6 Å². The van der Waals surface area contributed by atoms with E-state index in [-0.39, 0.29) is 0 Å². The molecule has 0 saturated carbocycles. The fourth-order valence-electron chi connectivity index (χ4n) is 15.2. The number of rotatable bonds is 12. The molecular weight excluding hydrogens is 1590 g/mol. The molecule has 0 atom stereocenters. The Morgan fingerprint density at radius 3 is 0.904 bits per heavy atom. The Labute approximate surface area is 682 Å². The van der Waals surface area contributed by atoms with Crippen LogP contribution in [0.4, 0.5) is 0 Å². The van der Waals surface area contributed by atoms with Crippen LogP contribution in [0.5, 0.6) is 0 Å². The van der Waals surface area contributed by atoms with E-state index in [1.54, 1.807) is 12.4 Å². The van der Waals surface area contributed by atoms with Crippen LogP contribution in [0.2, 0.25) is 0 Å².